The molecule has 0 bridgehead atoms. The third-order valence-corrected chi connectivity index (χ3v) is 2.26. The van der Waals surface area contributed by atoms with E-state index in [2.05, 4.69) is 20.9 Å². The van der Waals surface area contributed by atoms with Gasteiger partial charge in [0.2, 0.25) is 0 Å². The van der Waals surface area contributed by atoms with Gasteiger partial charge in [-0.15, -0.1) is 0 Å². The number of carboxylic acids is 1. The molecule has 82 valence electrons. The van der Waals surface area contributed by atoms with Crippen LogP contribution in [0, 0.1) is 0 Å². The summed E-state index contributed by atoms with van der Waals surface area (Å²) in [4.78, 5) is 14.4. The number of anilines is 1. The molecule has 0 fully saturated rings. The monoisotopic (exact) mass is 280 g/mol. The van der Waals surface area contributed by atoms with Gasteiger partial charge in [-0.3, -0.25) is 0 Å². The fraction of sp³-hybridized carbons (Fsp3) is 0.250. The van der Waals surface area contributed by atoms with E-state index in [1.165, 1.54) is 0 Å². The smallest absolute Gasteiger partial charge is 0.336 e. The van der Waals surface area contributed by atoms with Crippen molar-refractivity contribution < 1.29 is 18.7 Å². The molecule has 3 N–H and O–H groups in total. The number of pyridine rings is 1. The van der Waals surface area contributed by atoms with E-state index in [1.54, 1.807) is 0 Å². The Morgan fingerprint density at radius 3 is 2.67 bits per heavy atom. The predicted octanol–water partition coefficient (Wildman–Crippen LogP) is 2.19. The Morgan fingerprint density at radius 1 is 1.67 bits per heavy atom. The minimum Gasteiger partial charge on any atom is -0.478 e. The van der Waals surface area contributed by atoms with Crippen LogP contribution in [-0.2, 0) is 5.33 Å². The maximum Gasteiger partial charge on any atom is 0.336 e. The van der Waals surface area contributed by atoms with Gasteiger partial charge in [-0.2, -0.15) is 0 Å². The molecule has 0 unspecified atom stereocenters. The topological polar surface area (TPSA) is 76.2 Å². The van der Waals surface area contributed by atoms with Crippen molar-refractivity contribution in [2.24, 2.45) is 0 Å². The minimum absolute atomic E-state index is 0.0258. The van der Waals surface area contributed by atoms with Crippen LogP contribution in [0.25, 0.3) is 0 Å². The van der Waals surface area contributed by atoms with Gasteiger partial charge >= 0.3 is 5.97 Å². The van der Waals surface area contributed by atoms with Gasteiger partial charge in [-0.05, 0) is 6.07 Å². The molecule has 4 nitrogen and oxygen atoms in total. The number of nitrogens with two attached hydrogens (primary N) is 1. The number of nitrogen functional groups attached to an aromatic ring is 1. The summed E-state index contributed by atoms with van der Waals surface area (Å²) in [6, 6.07) is 0.927. The number of carbonyl (C=O) groups is 1. The van der Waals surface area contributed by atoms with Crippen LogP contribution in [0.4, 0.5) is 14.6 Å². The summed E-state index contributed by atoms with van der Waals surface area (Å²) in [7, 11) is 0. The highest BCUT2D eigenvalue weighted by Crippen LogP contribution is 2.28. The maximum atomic E-state index is 12.6. The second-order valence-electron chi connectivity index (χ2n) is 2.69. The van der Waals surface area contributed by atoms with Gasteiger partial charge < -0.3 is 10.8 Å². The minimum atomic E-state index is -2.89. The highest BCUT2D eigenvalue weighted by Gasteiger charge is 2.23. The normalized spacial score (nSPS) is 10.7. The van der Waals surface area contributed by atoms with E-state index in [1.807, 2.05) is 0 Å². The van der Waals surface area contributed by atoms with Crippen LogP contribution in [0.5, 0.6) is 0 Å². The molecule has 0 amide bonds. The molecular weight excluding hydrogens is 274 g/mol. The first-order chi connectivity index (χ1) is 6.97. The Labute approximate surface area is 92.2 Å². The maximum absolute atomic E-state index is 12.6. The molecule has 0 radical (unpaired) electrons. The van der Waals surface area contributed by atoms with Crippen LogP contribution < -0.4 is 5.73 Å². The average Bonchev–Trinajstić information content (AvgIpc) is 2.15. The second-order valence-corrected chi connectivity index (χ2v) is 3.26. The third kappa shape index (κ3) is 2.41. The van der Waals surface area contributed by atoms with Gasteiger partial charge in [0.1, 0.15) is 5.82 Å². The van der Waals surface area contributed by atoms with Crippen molar-refractivity contribution in [3.8, 4) is 0 Å². The Morgan fingerprint density at radius 2 is 2.27 bits per heavy atom. The first-order valence-electron chi connectivity index (χ1n) is 3.84. The molecule has 0 saturated carbocycles. The number of nitrogens with zero attached hydrogens (tertiary/aromatic N) is 1. The van der Waals surface area contributed by atoms with E-state index in [0.717, 1.165) is 6.07 Å². The van der Waals surface area contributed by atoms with E-state index in [9.17, 15) is 13.6 Å². The zero-order chi connectivity index (χ0) is 11.6. The van der Waals surface area contributed by atoms with Crippen molar-refractivity contribution >= 4 is 27.7 Å². The average molecular weight is 281 g/mol. The van der Waals surface area contributed by atoms with Gasteiger partial charge in [-0.25, -0.2) is 18.6 Å². The van der Waals surface area contributed by atoms with Gasteiger partial charge in [0.25, 0.3) is 6.43 Å². The molecule has 1 aromatic heterocycles. The van der Waals surface area contributed by atoms with Crippen molar-refractivity contribution in [2.75, 3.05) is 5.73 Å². The number of aromatic nitrogens is 1. The number of carboxylic acid groups (broad SMARTS) is 1. The summed E-state index contributed by atoms with van der Waals surface area (Å²) < 4.78 is 25.2. The Balaban J connectivity index is 3.47. The molecule has 0 aliphatic heterocycles. The molecule has 0 aromatic carbocycles. The van der Waals surface area contributed by atoms with E-state index in [0.29, 0.717) is 0 Å². The van der Waals surface area contributed by atoms with Gasteiger partial charge in [0, 0.05) is 5.33 Å². The lowest BCUT2D eigenvalue weighted by molar-refractivity contribution is 0.0684. The molecular formula is C8H7BrF2N2O2. The summed E-state index contributed by atoms with van der Waals surface area (Å²) >= 11 is 2.95. The lowest BCUT2D eigenvalue weighted by atomic mass is 10.1. The lowest BCUT2D eigenvalue weighted by Crippen LogP contribution is -2.10. The quantitative estimate of drug-likeness (QED) is 0.833. The van der Waals surface area contributed by atoms with Crippen LogP contribution >= 0.6 is 15.9 Å². The van der Waals surface area contributed by atoms with Crippen LogP contribution in [-0.4, -0.2) is 16.1 Å². The standard InChI is InChI=1S/C8H7BrF2N2O2/c9-2-4-6(7(10)11)3(8(14)15)1-5(12)13-4/h1,7H,2H2,(H2,12,13)(H,14,15). The van der Waals surface area contributed by atoms with Crippen LogP contribution in [0.2, 0.25) is 0 Å². The predicted molar refractivity (Wildman–Crippen MR) is 53.2 cm³/mol. The fourth-order valence-electron chi connectivity index (χ4n) is 1.15. The summed E-state index contributed by atoms with van der Waals surface area (Å²) in [5.74, 6) is -1.53. The number of hydrogen-bond acceptors (Lipinski definition) is 3. The van der Waals surface area contributed by atoms with Crippen LogP contribution in [0.15, 0.2) is 6.07 Å². The van der Waals surface area contributed by atoms with Crippen molar-refractivity contribution in [3.63, 3.8) is 0 Å². The molecule has 15 heavy (non-hydrogen) atoms. The Hall–Kier alpha value is -1.24. The number of alkyl halides is 3. The zero-order valence-corrected chi connectivity index (χ0v) is 8.96. The molecule has 1 aromatic rings. The Kier molecular flexibility index (Phi) is 3.57. The Bertz CT molecular complexity index is 398. The number of hydrogen-bond donors (Lipinski definition) is 2. The SMILES string of the molecule is Nc1cc(C(=O)O)c(C(F)F)c(CBr)n1. The van der Waals surface area contributed by atoms with Crippen molar-refractivity contribution in [2.45, 2.75) is 11.8 Å². The molecule has 7 heteroatoms. The highest BCUT2D eigenvalue weighted by atomic mass is 79.9. The summed E-state index contributed by atoms with van der Waals surface area (Å²) in [6.45, 7) is 0. The van der Waals surface area contributed by atoms with Crippen molar-refractivity contribution in [1.82, 2.24) is 4.98 Å². The van der Waals surface area contributed by atoms with Gasteiger partial charge in [0.15, 0.2) is 0 Å². The van der Waals surface area contributed by atoms with Crippen molar-refractivity contribution in [3.05, 3.63) is 22.9 Å². The second kappa shape index (κ2) is 4.52. The largest absolute Gasteiger partial charge is 0.478 e. The summed E-state index contributed by atoms with van der Waals surface area (Å²) in [5.41, 5.74) is 4.15. The highest BCUT2D eigenvalue weighted by molar-refractivity contribution is 9.08. The van der Waals surface area contributed by atoms with E-state index in [4.69, 9.17) is 10.8 Å². The summed E-state index contributed by atoms with van der Waals surface area (Å²) in [5, 5.41) is 8.75. The summed E-state index contributed by atoms with van der Waals surface area (Å²) in [6.07, 6.45) is -2.89. The molecule has 0 atom stereocenters. The van der Waals surface area contributed by atoms with E-state index >= 15 is 0 Å². The number of aromatic carboxylic acids is 1. The first-order valence-corrected chi connectivity index (χ1v) is 4.96. The first kappa shape index (κ1) is 11.8. The molecule has 1 heterocycles. The fourth-order valence-corrected chi connectivity index (χ4v) is 1.58. The van der Waals surface area contributed by atoms with Gasteiger partial charge in [0.05, 0.1) is 16.8 Å². The molecule has 1 rings (SSSR count). The van der Waals surface area contributed by atoms with Gasteiger partial charge in [-0.1, -0.05) is 15.9 Å². The van der Waals surface area contributed by atoms with Crippen LogP contribution in [0.1, 0.15) is 28.0 Å². The molecule has 0 spiro atoms. The third-order valence-electron chi connectivity index (χ3n) is 1.73. The van der Waals surface area contributed by atoms with E-state index in [-0.39, 0.29) is 16.8 Å². The van der Waals surface area contributed by atoms with Crippen molar-refractivity contribution in [1.29, 1.82) is 0 Å². The number of halogens is 3. The lowest BCUT2D eigenvalue weighted by Gasteiger charge is -2.10. The van der Waals surface area contributed by atoms with E-state index < -0.39 is 23.5 Å². The number of rotatable bonds is 3. The molecule has 0 aliphatic rings. The van der Waals surface area contributed by atoms with Crippen LogP contribution in [0.3, 0.4) is 0 Å². The molecule has 0 aliphatic carbocycles. The molecule has 0 saturated heterocycles. The zero-order valence-electron chi connectivity index (χ0n) is 7.38.